The zero-order valence-corrected chi connectivity index (χ0v) is 14.8. The quantitative estimate of drug-likeness (QED) is 0.594. The third-order valence-electron chi connectivity index (χ3n) is 5.93. The van der Waals surface area contributed by atoms with E-state index in [1.807, 2.05) is 30.3 Å². The lowest BCUT2D eigenvalue weighted by molar-refractivity contribution is 0.442. The van der Waals surface area contributed by atoms with E-state index in [0.717, 1.165) is 12.0 Å². The zero-order valence-electron chi connectivity index (χ0n) is 14.8. The van der Waals surface area contributed by atoms with Crippen LogP contribution in [0.3, 0.4) is 0 Å². The molecular weight excluding hydrogens is 299 g/mol. The fraction of sp³-hybridized carbons (Fsp3) is 0.364. The molecular formula is C22H25FO. The average Bonchev–Trinajstić information content (AvgIpc) is 2.93. The summed E-state index contributed by atoms with van der Waals surface area (Å²) in [6.45, 7) is 9.31. The van der Waals surface area contributed by atoms with Crippen molar-refractivity contribution in [3.05, 3.63) is 66.0 Å². The summed E-state index contributed by atoms with van der Waals surface area (Å²) in [6.07, 6.45) is 5.30. The number of hydrogen-bond donors (Lipinski definition) is 0. The predicted molar refractivity (Wildman–Crippen MR) is 97.6 cm³/mol. The number of halogens is 1. The molecule has 24 heavy (non-hydrogen) atoms. The number of allylic oxidation sites excluding steroid dienone is 1. The van der Waals surface area contributed by atoms with E-state index in [9.17, 15) is 4.39 Å². The van der Waals surface area contributed by atoms with Crippen molar-refractivity contribution in [3.63, 3.8) is 0 Å². The minimum absolute atomic E-state index is 0.260. The Labute approximate surface area is 144 Å². The van der Waals surface area contributed by atoms with E-state index >= 15 is 0 Å². The molecule has 0 amide bonds. The van der Waals surface area contributed by atoms with Gasteiger partial charge in [-0.1, -0.05) is 64.1 Å². The van der Waals surface area contributed by atoms with Crippen LogP contribution >= 0.6 is 0 Å². The molecule has 0 aromatic heterocycles. The van der Waals surface area contributed by atoms with Gasteiger partial charge in [0, 0.05) is 0 Å². The Morgan fingerprint density at radius 3 is 2.29 bits per heavy atom. The second kappa shape index (κ2) is 6.08. The number of rotatable bonds is 5. The molecule has 2 aromatic carbocycles. The van der Waals surface area contributed by atoms with Gasteiger partial charge in [0.25, 0.3) is 0 Å². The van der Waals surface area contributed by atoms with Crippen molar-refractivity contribution in [2.75, 3.05) is 0 Å². The van der Waals surface area contributed by atoms with Gasteiger partial charge in [0.05, 0.1) is 0 Å². The van der Waals surface area contributed by atoms with E-state index < -0.39 is 0 Å². The van der Waals surface area contributed by atoms with Gasteiger partial charge in [-0.15, -0.1) is 0 Å². The van der Waals surface area contributed by atoms with Gasteiger partial charge >= 0.3 is 0 Å². The molecule has 0 atom stereocenters. The first-order valence-corrected chi connectivity index (χ1v) is 8.51. The van der Waals surface area contributed by atoms with Gasteiger partial charge in [0.15, 0.2) is 11.6 Å². The summed E-state index contributed by atoms with van der Waals surface area (Å²) in [5.74, 6) is 1.25. The Kier molecular flexibility index (Phi) is 4.25. The summed E-state index contributed by atoms with van der Waals surface area (Å²) >= 11 is 0. The number of ether oxygens (including phenoxy) is 1. The van der Waals surface area contributed by atoms with Crippen molar-refractivity contribution in [2.45, 2.75) is 34.1 Å². The van der Waals surface area contributed by atoms with Crippen molar-refractivity contribution in [1.29, 1.82) is 0 Å². The van der Waals surface area contributed by atoms with Gasteiger partial charge in [-0.25, -0.2) is 4.39 Å². The summed E-state index contributed by atoms with van der Waals surface area (Å²) < 4.78 is 19.6. The van der Waals surface area contributed by atoms with E-state index in [1.165, 1.54) is 6.07 Å². The highest BCUT2D eigenvalue weighted by Gasteiger charge is 2.63. The van der Waals surface area contributed by atoms with Gasteiger partial charge in [0.2, 0.25) is 0 Å². The van der Waals surface area contributed by atoms with Crippen LogP contribution in [-0.2, 0) is 0 Å². The van der Waals surface area contributed by atoms with Crippen molar-refractivity contribution in [1.82, 2.24) is 0 Å². The molecule has 1 saturated carbocycles. The third kappa shape index (κ3) is 3.10. The average molecular weight is 324 g/mol. The van der Waals surface area contributed by atoms with Crippen molar-refractivity contribution in [3.8, 4) is 11.5 Å². The van der Waals surface area contributed by atoms with Crippen LogP contribution in [0.4, 0.5) is 4.39 Å². The minimum atomic E-state index is -0.347. The van der Waals surface area contributed by atoms with E-state index in [2.05, 4.69) is 39.8 Å². The maximum Gasteiger partial charge on any atom is 0.165 e. The normalized spacial score (nSPS) is 18.7. The van der Waals surface area contributed by atoms with E-state index in [0.29, 0.717) is 22.5 Å². The molecule has 0 heterocycles. The standard InChI is InChI=1S/C22H25FO/c1-21(2)20(22(21,3)4)12-8-9-16-13-14-18(23)19(15-16)24-17-10-6-5-7-11-17/h5-11,13-15,20H,12H2,1-4H3/b9-8-. The lowest BCUT2D eigenvalue weighted by Crippen LogP contribution is -1.95. The van der Waals surface area contributed by atoms with Gasteiger partial charge in [-0.05, 0) is 53.0 Å². The molecule has 0 aliphatic heterocycles. The van der Waals surface area contributed by atoms with E-state index in [-0.39, 0.29) is 11.6 Å². The van der Waals surface area contributed by atoms with Crippen LogP contribution in [0.2, 0.25) is 0 Å². The maximum absolute atomic E-state index is 14.0. The molecule has 3 rings (SSSR count). The molecule has 0 bridgehead atoms. The molecule has 1 fully saturated rings. The lowest BCUT2D eigenvalue weighted by Gasteiger charge is -2.07. The Balaban J connectivity index is 1.69. The molecule has 2 heteroatoms. The molecule has 0 radical (unpaired) electrons. The van der Waals surface area contributed by atoms with E-state index in [1.54, 1.807) is 12.1 Å². The van der Waals surface area contributed by atoms with Crippen LogP contribution in [0.15, 0.2) is 54.6 Å². The smallest absolute Gasteiger partial charge is 0.165 e. The molecule has 0 saturated heterocycles. The van der Waals surface area contributed by atoms with Crippen LogP contribution in [-0.4, -0.2) is 0 Å². The summed E-state index contributed by atoms with van der Waals surface area (Å²) in [7, 11) is 0. The summed E-state index contributed by atoms with van der Waals surface area (Å²) in [6, 6.07) is 14.3. The van der Waals surface area contributed by atoms with Crippen molar-refractivity contribution >= 4 is 6.08 Å². The predicted octanol–water partition coefficient (Wildman–Crippen LogP) is 6.70. The highest BCUT2D eigenvalue weighted by atomic mass is 19.1. The fourth-order valence-corrected chi connectivity index (χ4v) is 3.58. The Hall–Kier alpha value is -2.09. The number of benzene rings is 2. The summed E-state index contributed by atoms with van der Waals surface area (Å²) in [5.41, 5.74) is 1.74. The fourth-order valence-electron chi connectivity index (χ4n) is 3.58. The van der Waals surface area contributed by atoms with Gasteiger partial charge in [0.1, 0.15) is 5.75 Å². The highest BCUT2D eigenvalue weighted by molar-refractivity contribution is 5.52. The summed E-state index contributed by atoms with van der Waals surface area (Å²) in [5, 5.41) is 0. The van der Waals surface area contributed by atoms with Crippen molar-refractivity contribution < 1.29 is 9.13 Å². The molecule has 126 valence electrons. The van der Waals surface area contributed by atoms with E-state index in [4.69, 9.17) is 4.74 Å². The number of hydrogen-bond acceptors (Lipinski definition) is 1. The zero-order chi connectivity index (χ0) is 17.4. The molecule has 1 aliphatic rings. The molecule has 1 nitrogen and oxygen atoms in total. The molecule has 0 N–H and O–H groups in total. The first kappa shape index (κ1) is 16.8. The van der Waals surface area contributed by atoms with Crippen LogP contribution in [0.25, 0.3) is 6.08 Å². The third-order valence-corrected chi connectivity index (χ3v) is 5.93. The topological polar surface area (TPSA) is 9.23 Å². The highest BCUT2D eigenvalue weighted by Crippen LogP contribution is 2.69. The monoisotopic (exact) mass is 324 g/mol. The van der Waals surface area contributed by atoms with Gasteiger partial charge < -0.3 is 4.74 Å². The minimum Gasteiger partial charge on any atom is -0.454 e. The SMILES string of the molecule is CC1(C)C(C/C=C\c2ccc(F)c(Oc3ccccc3)c2)C1(C)C. The first-order valence-electron chi connectivity index (χ1n) is 8.51. The Morgan fingerprint density at radius 2 is 1.67 bits per heavy atom. The molecule has 1 aliphatic carbocycles. The molecule has 2 aromatic rings. The Morgan fingerprint density at radius 1 is 1.00 bits per heavy atom. The Bertz CT molecular complexity index is 730. The van der Waals surface area contributed by atoms with Crippen LogP contribution in [0, 0.1) is 22.6 Å². The van der Waals surface area contributed by atoms with Gasteiger partial charge in [-0.3, -0.25) is 0 Å². The van der Waals surface area contributed by atoms with Crippen LogP contribution < -0.4 is 4.74 Å². The molecule has 0 spiro atoms. The second-order valence-corrected chi connectivity index (χ2v) is 7.74. The maximum atomic E-state index is 14.0. The lowest BCUT2D eigenvalue weighted by atomic mass is 10.0. The van der Waals surface area contributed by atoms with Crippen molar-refractivity contribution in [2.24, 2.45) is 16.7 Å². The number of para-hydroxylation sites is 1. The van der Waals surface area contributed by atoms with Crippen LogP contribution in [0.5, 0.6) is 11.5 Å². The van der Waals surface area contributed by atoms with Gasteiger partial charge in [-0.2, -0.15) is 0 Å². The molecule has 0 unspecified atom stereocenters. The first-order chi connectivity index (χ1) is 11.3. The largest absolute Gasteiger partial charge is 0.454 e. The second-order valence-electron chi connectivity index (χ2n) is 7.74. The van der Waals surface area contributed by atoms with Crippen LogP contribution in [0.1, 0.15) is 39.7 Å². The summed E-state index contributed by atoms with van der Waals surface area (Å²) in [4.78, 5) is 0.